The zero-order valence-corrected chi connectivity index (χ0v) is 38.3. The van der Waals surface area contributed by atoms with Crippen LogP contribution in [0.2, 0.25) is 0 Å². The number of hydrogen-bond donors (Lipinski definition) is 0. The first kappa shape index (κ1) is 54.8. The van der Waals surface area contributed by atoms with E-state index in [0.29, 0.717) is 51.4 Å². The van der Waals surface area contributed by atoms with E-state index in [1.807, 2.05) is 0 Å². The molecule has 0 radical (unpaired) electrons. The maximum atomic E-state index is 13.5. The maximum absolute atomic E-state index is 13.5. The first-order valence-corrected chi connectivity index (χ1v) is 22.6. The molecule has 0 aromatic heterocycles. The van der Waals surface area contributed by atoms with Gasteiger partial charge in [0, 0.05) is 51.4 Å². The predicted octanol–water partition coefficient (Wildman–Crippen LogP) is 5.41. The summed E-state index contributed by atoms with van der Waals surface area (Å²) in [5.74, 6) is -8.23. The minimum absolute atomic E-state index is 0.0149. The van der Waals surface area contributed by atoms with Crippen LogP contribution in [0.25, 0.3) is 0 Å². The fourth-order valence-corrected chi connectivity index (χ4v) is 6.64. The molecule has 0 N–H and O–H groups in total. The lowest BCUT2D eigenvalue weighted by molar-refractivity contribution is -0.324. The molecule has 2 aliphatic heterocycles. The third kappa shape index (κ3) is 18.0. The van der Waals surface area contributed by atoms with E-state index in [1.165, 1.54) is 0 Å². The van der Waals surface area contributed by atoms with Crippen molar-refractivity contribution in [3.05, 3.63) is 0 Å². The van der Waals surface area contributed by atoms with E-state index < -0.39 is 122 Å². The molecule has 9 atom stereocenters. The van der Waals surface area contributed by atoms with Gasteiger partial charge in [-0.3, -0.25) is 38.4 Å². The Kier molecular flexibility index (Phi) is 25.3. The third-order valence-electron chi connectivity index (χ3n) is 9.56. The van der Waals surface area contributed by atoms with Crippen LogP contribution in [0.5, 0.6) is 0 Å². The van der Waals surface area contributed by atoms with Gasteiger partial charge in [0.15, 0.2) is 37.3 Å². The summed E-state index contributed by atoms with van der Waals surface area (Å²) >= 11 is 0. The second kappa shape index (κ2) is 29.2. The van der Waals surface area contributed by atoms with Crippen molar-refractivity contribution in [3.8, 4) is 0 Å². The molecule has 2 heterocycles. The van der Waals surface area contributed by atoms with Crippen LogP contribution in [-0.2, 0) is 90.5 Å². The van der Waals surface area contributed by atoms with Crippen molar-refractivity contribution in [2.24, 2.45) is 0 Å². The van der Waals surface area contributed by atoms with Crippen molar-refractivity contribution >= 4 is 47.8 Å². The van der Waals surface area contributed by atoms with Crippen molar-refractivity contribution in [1.82, 2.24) is 0 Å². The lowest BCUT2D eigenvalue weighted by Gasteiger charge is -2.45. The number of hydrogen-bond acceptors (Lipinski definition) is 19. The maximum Gasteiger partial charge on any atom is 0.308 e. The van der Waals surface area contributed by atoms with Gasteiger partial charge in [0.05, 0.1) is 0 Å². The molecular formula is C44H70O19. The van der Waals surface area contributed by atoms with Crippen molar-refractivity contribution in [3.63, 3.8) is 0 Å². The summed E-state index contributed by atoms with van der Waals surface area (Å²) in [5, 5.41) is 0. The molecule has 2 saturated heterocycles. The van der Waals surface area contributed by atoms with Crippen molar-refractivity contribution in [2.45, 2.75) is 213 Å². The Hall–Kier alpha value is -4.36. The number of carbonyl (C=O) groups excluding carboxylic acids is 8. The monoisotopic (exact) mass is 902 g/mol. The Bertz CT molecular complexity index is 1480. The summed E-state index contributed by atoms with van der Waals surface area (Å²) in [6.07, 6.45) is -10.5. The van der Waals surface area contributed by atoms with E-state index >= 15 is 0 Å². The van der Waals surface area contributed by atoms with E-state index in [4.69, 9.17) is 52.1 Å². The van der Waals surface area contributed by atoms with Crippen molar-refractivity contribution < 1.29 is 90.5 Å². The molecule has 0 spiro atoms. The summed E-state index contributed by atoms with van der Waals surface area (Å²) in [5.41, 5.74) is 0. The van der Waals surface area contributed by atoms with E-state index in [2.05, 4.69) is 0 Å². The Morgan fingerprint density at radius 1 is 0.413 bits per heavy atom. The van der Waals surface area contributed by atoms with Crippen LogP contribution >= 0.6 is 0 Å². The summed E-state index contributed by atoms with van der Waals surface area (Å²) in [4.78, 5) is 105. The summed E-state index contributed by atoms with van der Waals surface area (Å²) in [6, 6.07) is 0. The minimum atomic E-state index is -2.39. The molecule has 0 saturated carbocycles. The Labute approximate surface area is 370 Å². The topological polar surface area (TPSA) is 238 Å². The lowest BCUT2D eigenvalue weighted by atomic mass is 9.97. The van der Waals surface area contributed by atoms with Gasteiger partial charge in [-0.15, -0.1) is 0 Å². The molecule has 0 aromatic carbocycles. The quantitative estimate of drug-likeness (QED) is 0.0673. The lowest BCUT2D eigenvalue weighted by Crippen LogP contribution is -2.64. The van der Waals surface area contributed by atoms with E-state index in [9.17, 15) is 38.4 Å². The smallest absolute Gasteiger partial charge is 0.308 e. The molecule has 0 aromatic rings. The van der Waals surface area contributed by atoms with Gasteiger partial charge in [-0.25, -0.2) is 0 Å². The minimum Gasteiger partial charge on any atom is -0.463 e. The largest absolute Gasteiger partial charge is 0.463 e. The highest BCUT2D eigenvalue weighted by molar-refractivity contribution is 5.73. The SMILES string of the molecule is CCCC(=O)OCC1OC(COC(=O)CCC)(OC(=O)CCC)C(OC(=O)CCC)C1O[C@@H]1O[C@H](COC(=O)CCC)[C@H](OC(=O)CCC)[C@H](OC(=O)CCC)[C@H]1OC(=O)CCC. The zero-order valence-electron chi connectivity index (χ0n) is 38.3. The van der Waals surface area contributed by atoms with Gasteiger partial charge in [-0.2, -0.15) is 0 Å². The molecule has 63 heavy (non-hydrogen) atoms. The molecule has 0 bridgehead atoms. The summed E-state index contributed by atoms with van der Waals surface area (Å²) in [7, 11) is 0. The van der Waals surface area contributed by atoms with Crippen LogP contribution in [0, 0.1) is 0 Å². The highest BCUT2D eigenvalue weighted by Gasteiger charge is 2.64. The van der Waals surface area contributed by atoms with E-state index in [0.717, 1.165) is 0 Å². The fraction of sp³-hybridized carbons (Fsp3) is 0.818. The van der Waals surface area contributed by atoms with Crippen LogP contribution in [-0.4, -0.2) is 122 Å². The van der Waals surface area contributed by atoms with Gasteiger partial charge in [-0.05, 0) is 51.4 Å². The normalized spacial score (nSPS) is 25.3. The van der Waals surface area contributed by atoms with Gasteiger partial charge in [-0.1, -0.05) is 55.4 Å². The summed E-state index contributed by atoms with van der Waals surface area (Å²) in [6.45, 7) is 12.0. The van der Waals surface area contributed by atoms with Gasteiger partial charge in [0.2, 0.25) is 0 Å². The molecule has 4 unspecified atom stereocenters. The second-order valence-electron chi connectivity index (χ2n) is 15.4. The average Bonchev–Trinajstić information content (AvgIpc) is 3.48. The van der Waals surface area contributed by atoms with Crippen molar-refractivity contribution in [1.29, 1.82) is 0 Å². The predicted molar refractivity (Wildman–Crippen MR) is 219 cm³/mol. The molecule has 360 valence electrons. The van der Waals surface area contributed by atoms with Gasteiger partial charge in [0.25, 0.3) is 5.79 Å². The second-order valence-corrected chi connectivity index (χ2v) is 15.4. The Morgan fingerprint density at radius 2 is 0.794 bits per heavy atom. The Morgan fingerprint density at radius 3 is 1.27 bits per heavy atom. The number of carbonyl (C=O) groups is 8. The standard InChI is InChI=1S/C44H70O19/c1-9-17-30(45)53-25-28-38(57-33(48)20-12-4)40(58-34(49)21-13-5)41(59-35(50)22-14-6)43(56-28)61-39-29(26-54-31(46)18-10-2)62-44(63-37(52)24-16-8,27-55-32(47)19-11-3)42(39)60-36(51)23-15-7/h28-29,38-43H,9-27H2,1-8H3/t28-,29?,38+,39?,40+,41-,42?,43+,44?/m1/s1. The molecule has 19 heteroatoms. The Balaban J connectivity index is 2.97. The zero-order chi connectivity index (χ0) is 47.0. The highest BCUT2D eigenvalue weighted by Crippen LogP contribution is 2.41. The number of ether oxygens (including phenoxy) is 11. The van der Waals surface area contributed by atoms with E-state index in [1.54, 1.807) is 55.4 Å². The summed E-state index contributed by atoms with van der Waals surface area (Å²) < 4.78 is 65.8. The third-order valence-corrected chi connectivity index (χ3v) is 9.56. The van der Waals surface area contributed by atoms with Gasteiger partial charge in [0.1, 0.15) is 31.5 Å². The average molecular weight is 903 g/mol. The first-order chi connectivity index (χ1) is 30.1. The van der Waals surface area contributed by atoms with Crippen LogP contribution < -0.4 is 0 Å². The molecule has 2 aliphatic rings. The molecule has 2 rings (SSSR count). The molecule has 0 amide bonds. The molecule has 2 fully saturated rings. The van der Waals surface area contributed by atoms with Crippen LogP contribution in [0.3, 0.4) is 0 Å². The molecular weight excluding hydrogens is 832 g/mol. The van der Waals surface area contributed by atoms with Gasteiger partial charge < -0.3 is 52.1 Å². The highest BCUT2D eigenvalue weighted by atomic mass is 16.8. The van der Waals surface area contributed by atoms with Crippen LogP contribution in [0.15, 0.2) is 0 Å². The first-order valence-electron chi connectivity index (χ1n) is 22.6. The van der Waals surface area contributed by atoms with Crippen molar-refractivity contribution in [2.75, 3.05) is 19.8 Å². The molecule has 19 nitrogen and oxygen atoms in total. The fourth-order valence-electron chi connectivity index (χ4n) is 6.64. The van der Waals surface area contributed by atoms with Crippen LogP contribution in [0.1, 0.15) is 158 Å². The number of rotatable bonds is 29. The van der Waals surface area contributed by atoms with Gasteiger partial charge >= 0.3 is 47.8 Å². The number of esters is 8. The molecule has 0 aliphatic carbocycles. The van der Waals surface area contributed by atoms with Crippen LogP contribution in [0.4, 0.5) is 0 Å². The van der Waals surface area contributed by atoms with E-state index in [-0.39, 0.29) is 51.4 Å².